The third-order valence-corrected chi connectivity index (χ3v) is 6.69. The monoisotopic (exact) mass is 418 g/mol. The summed E-state index contributed by atoms with van der Waals surface area (Å²) >= 11 is 4.13. The Labute approximate surface area is 169 Å². The van der Waals surface area contributed by atoms with E-state index in [0.717, 1.165) is 21.3 Å². The van der Waals surface area contributed by atoms with Crippen LogP contribution in [0.4, 0.5) is 0 Å². The van der Waals surface area contributed by atoms with Crippen LogP contribution in [0.5, 0.6) is 0 Å². The molecule has 0 amide bonds. The van der Waals surface area contributed by atoms with Gasteiger partial charge in [0, 0.05) is 22.0 Å². The van der Waals surface area contributed by atoms with Crippen molar-refractivity contribution in [2.75, 3.05) is 12.4 Å². The molecule has 140 valence electrons. The number of carbonyl (C=O) groups excluding carboxylic acids is 2. The molecule has 2 heterocycles. The number of benzene rings is 1. The van der Waals surface area contributed by atoms with Crippen molar-refractivity contribution in [3.63, 3.8) is 0 Å². The Morgan fingerprint density at radius 3 is 2.59 bits per heavy atom. The fourth-order valence-electron chi connectivity index (χ4n) is 2.38. The average molecular weight is 419 g/mol. The molecule has 1 atom stereocenters. The van der Waals surface area contributed by atoms with Gasteiger partial charge < -0.3 is 4.74 Å². The number of esters is 1. The van der Waals surface area contributed by atoms with Crippen LogP contribution in [0.15, 0.2) is 45.4 Å². The molecular weight excluding hydrogens is 400 g/mol. The molecule has 0 N–H and O–H groups in total. The van der Waals surface area contributed by atoms with Gasteiger partial charge in [0.05, 0.1) is 18.1 Å². The van der Waals surface area contributed by atoms with Gasteiger partial charge in [-0.05, 0) is 13.8 Å². The van der Waals surface area contributed by atoms with E-state index >= 15 is 0 Å². The van der Waals surface area contributed by atoms with Gasteiger partial charge in [-0.2, -0.15) is 0 Å². The number of hydrogen-bond donors (Lipinski definition) is 0. The second kappa shape index (κ2) is 9.25. The molecule has 0 unspecified atom stereocenters. The third kappa shape index (κ3) is 5.03. The molecule has 27 heavy (non-hydrogen) atoms. The van der Waals surface area contributed by atoms with E-state index in [9.17, 15) is 9.59 Å². The van der Waals surface area contributed by atoms with Crippen molar-refractivity contribution < 1.29 is 14.3 Å². The van der Waals surface area contributed by atoms with Crippen molar-refractivity contribution in [3.8, 4) is 11.3 Å². The van der Waals surface area contributed by atoms with Gasteiger partial charge in [0.15, 0.2) is 16.0 Å². The predicted molar refractivity (Wildman–Crippen MR) is 110 cm³/mol. The summed E-state index contributed by atoms with van der Waals surface area (Å²) in [5, 5.41) is 4.28. The van der Waals surface area contributed by atoms with Gasteiger partial charge in [-0.3, -0.25) is 9.59 Å². The topological polar surface area (TPSA) is 69.2 Å². The van der Waals surface area contributed by atoms with E-state index in [0.29, 0.717) is 5.01 Å². The van der Waals surface area contributed by atoms with Crippen LogP contribution in [0.25, 0.3) is 11.3 Å². The first-order valence-corrected chi connectivity index (χ1v) is 11.1. The Hall–Kier alpha value is -2.03. The Morgan fingerprint density at radius 2 is 1.93 bits per heavy atom. The molecule has 0 aliphatic carbocycles. The standard InChI is InChI=1S/C19H18N2O3S3/c1-3-24-18(23)16(17-20-12(2)9-25-17)15(22)11-27-19-21-14(10-26-19)13-7-5-4-6-8-13/h4-10,16H,3,11H2,1-2H3/t16-/m0/s1. The number of Topliss-reactive ketones (excluding diaryl/α,β-unsaturated/α-hetero) is 1. The number of aryl methyl sites for hydroxylation is 1. The van der Waals surface area contributed by atoms with Crippen molar-refractivity contribution in [3.05, 3.63) is 51.8 Å². The van der Waals surface area contributed by atoms with E-state index in [1.165, 1.54) is 34.4 Å². The van der Waals surface area contributed by atoms with Crippen LogP contribution in [0.3, 0.4) is 0 Å². The molecule has 0 aliphatic heterocycles. The van der Waals surface area contributed by atoms with Crippen LogP contribution in [0.1, 0.15) is 23.5 Å². The molecule has 0 spiro atoms. The second-order valence-electron chi connectivity index (χ2n) is 5.63. The summed E-state index contributed by atoms with van der Waals surface area (Å²) in [5.74, 6) is -1.58. The van der Waals surface area contributed by atoms with Gasteiger partial charge in [0.2, 0.25) is 0 Å². The van der Waals surface area contributed by atoms with Crippen LogP contribution >= 0.6 is 34.4 Å². The van der Waals surface area contributed by atoms with Crippen LogP contribution in [-0.2, 0) is 14.3 Å². The summed E-state index contributed by atoms with van der Waals surface area (Å²) in [6.45, 7) is 3.79. The number of thioether (sulfide) groups is 1. The molecule has 3 rings (SSSR count). The lowest BCUT2D eigenvalue weighted by Gasteiger charge is -2.11. The maximum absolute atomic E-state index is 12.7. The Kier molecular flexibility index (Phi) is 6.76. The average Bonchev–Trinajstić information content (AvgIpc) is 3.30. The van der Waals surface area contributed by atoms with Gasteiger partial charge in [-0.1, -0.05) is 42.1 Å². The minimum atomic E-state index is -0.968. The van der Waals surface area contributed by atoms with Gasteiger partial charge >= 0.3 is 5.97 Å². The van der Waals surface area contributed by atoms with Crippen LogP contribution in [0, 0.1) is 6.92 Å². The van der Waals surface area contributed by atoms with Crippen molar-refractivity contribution in [2.45, 2.75) is 24.1 Å². The van der Waals surface area contributed by atoms with Crippen molar-refractivity contribution in [1.29, 1.82) is 0 Å². The highest BCUT2D eigenvalue weighted by Gasteiger charge is 2.32. The number of ether oxygens (including phenoxy) is 1. The zero-order valence-corrected chi connectivity index (χ0v) is 17.3. The van der Waals surface area contributed by atoms with Crippen molar-refractivity contribution >= 4 is 46.2 Å². The highest BCUT2D eigenvalue weighted by Crippen LogP contribution is 2.30. The molecule has 0 saturated heterocycles. The summed E-state index contributed by atoms with van der Waals surface area (Å²) in [6, 6.07) is 9.88. The number of nitrogens with zero attached hydrogens (tertiary/aromatic N) is 2. The van der Waals surface area contributed by atoms with E-state index in [1.807, 2.05) is 48.0 Å². The molecule has 0 fully saturated rings. The maximum atomic E-state index is 12.7. The molecular formula is C19H18N2O3S3. The summed E-state index contributed by atoms with van der Waals surface area (Å²) in [5.41, 5.74) is 2.71. The number of hydrogen-bond acceptors (Lipinski definition) is 8. The zero-order chi connectivity index (χ0) is 19.2. The molecule has 0 aliphatic rings. The lowest BCUT2D eigenvalue weighted by atomic mass is 10.1. The quantitative estimate of drug-likeness (QED) is 0.303. The van der Waals surface area contributed by atoms with Crippen LogP contribution < -0.4 is 0 Å². The van der Waals surface area contributed by atoms with E-state index in [1.54, 1.807) is 6.92 Å². The number of rotatable bonds is 8. The first-order valence-electron chi connectivity index (χ1n) is 8.33. The Balaban J connectivity index is 1.69. The van der Waals surface area contributed by atoms with Crippen molar-refractivity contribution in [2.24, 2.45) is 0 Å². The Morgan fingerprint density at radius 1 is 1.15 bits per heavy atom. The fraction of sp³-hybridized carbons (Fsp3) is 0.263. The van der Waals surface area contributed by atoms with Gasteiger partial charge in [0.1, 0.15) is 5.01 Å². The van der Waals surface area contributed by atoms with E-state index in [4.69, 9.17) is 4.74 Å². The second-order valence-corrected chi connectivity index (χ2v) is 8.60. The lowest BCUT2D eigenvalue weighted by Crippen LogP contribution is -2.25. The SMILES string of the molecule is CCOC(=O)[C@@H](C(=O)CSc1nc(-c2ccccc2)cs1)c1nc(C)cs1. The smallest absolute Gasteiger partial charge is 0.323 e. The first kappa shape index (κ1) is 19.7. The van der Waals surface area contributed by atoms with Crippen LogP contribution in [-0.4, -0.2) is 34.1 Å². The summed E-state index contributed by atoms with van der Waals surface area (Å²) < 4.78 is 5.88. The highest BCUT2D eigenvalue weighted by molar-refractivity contribution is 8.01. The number of ketones is 1. The number of thiazole rings is 2. The summed E-state index contributed by atoms with van der Waals surface area (Å²) in [4.78, 5) is 33.9. The molecule has 1 aromatic carbocycles. The molecule has 2 aromatic heterocycles. The van der Waals surface area contributed by atoms with Gasteiger partial charge in [-0.15, -0.1) is 22.7 Å². The minimum absolute atomic E-state index is 0.143. The minimum Gasteiger partial charge on any atom is -0.465 e. The summed E-state index contributed by atoms with van der Waals surface area (Å²) in [7, 11) is 0. The molecule has 0 saturated carbocycles. The Bertz CT molecular complexity index is 921. The molecule has 8 heteroatoms. The third-order valence-electron chi connectivity index (χ3n) is 3.62. The molecule has 0 radical (unpaired) electrons. The predicted octanol–water partition coefficient (Wildman–Crippen LogP) is 4.58. The van der Waals surface area contributed by atoms with Gasteiger partial charge in [-0.25, -0.2) is 9.97 Å². The summed E-state index contributed by atoms with van der Waals surface area (Å²) in [6.07, 6.45) is 0. The van der Waals surface area contributed by atoms with E-state index in [-0.39, 0.29) is 18.1 Å². The van der Waals surface area contributed by atoms with E-state index < -0.39 is 11.9 Å². The lowest BCUT2D eigenvalue weighted by molar-refractivity contribution is -0.147. The van der Waals surface area contributed by atoms with Crippen molar-refractivity contribution in [1.82, 2.24) is 9.97 Å². The first-order chi connectivity index (χ1) is 13.1. The molecule has 0 bridgehead atoms. The van der Waals surface area contributed by atoms with Gasteiger partial charge in [0.25, 0.3) is 0 Å². The zero-order valence-electron chi connectivity index (χ0n) is 14.9. The highest BCUT2D eigenvalue weighted by atomic mass is 32.2. The largest absolute Gasteiger partial charge is 0.465 e. The fourth-order valence-corrected chi connectivity index (χ4v) is 5.03. The number of carbonyl (C=O) groups is 2. The maximum Gasteiger partial charge on any atom is 0.323 e. The van der Waals surface area contributed by atoms with Crippen LogP contribution in [0.2, 0.25) is 0 Å². The normalized spacial score (nSPS) is 11.9. The molecule has 3 aromatic rings. The van der Waals surface area contributed by atoms with E-state index in [2.05, 4.69) is 9.97 Å². The molecule has 5 nitrogen and oxygen atoms in total. The number of aromatic nitrogens is 2.